The number of methoxy groups -OCH3 is 1. The van der Waals surface area contributed by atoms with Gasteiger partial charge in [-0.3, -0.25) is 4.79 Å². The van der Waals surface area contributed by atoms with E-state index in [0.717, 1.165) is 11.1 Å². The fraction of sp³-hybridized carbons (Fsp3) is 0.278. The maximum atomic E-state index is 11.8. The summed E-state index contributed by atoms with van der Waals surface area (Å²) >= 11 is 0. The molecule has 0 spiro atoms. The molecule has 4 nitrogen and oxygen atoms in total. The number of hydrogen-bond acceptors (Lipinski definition) is 3. The van der Waals surface area contributed by atoms with Crippen molar-refractivity contribution in [2.75, 3.05) is 20.3 Å². The summed E-state index contributed by atoms with van der Waals surface area (Å²) in [6, 6.07) is 19.6. The van der Waals surface area contributed by atoms with E-state index < -0.39 is 0 Å². The number of carbonyl (C=O) groups is 1. The van der Waals surface area contributed by atoms with E-state index in [4.69, 9.17) is 9.47 Å². The number of amides is 1. The molecule has 0 radical (unpaired) electrons. The second-order valence-corrected chi connectivity index (χ2v) is 4.96. The van der Waals surface area contributed by atoms with Crippen molar-refractivity contribution in [3.8, 4) is 0 Å². The molecule has 0 aliphatic rings. The molecule has 1 amide bonds. The molecule has 2 aromatic rings. The molecule has 0 saturated heterocycles. The quantitative estimate of drug-likeness (QED) is 0.815. The molecule has 0 aromatic heterocycles. The number of benzene rings is 2. The molecule has 0 saturated carbocycles. The van der Waals surface area contributed by atoms with Crippen LogP contribution in [0.5, 0.6) is 0 Å². The molecule has 1 N–H and O–H groups in total. The molecule has 22 heavy (non-hydrogen) atoms. The number of nitrogens with one attached hydrogen (secondary N) is 1. The van der Waals surface area contributed by atoms with Gasteiger partial charge in [0.15, 0.2) is 0 Å². The van der Waals surface area contributed by atoms with Gasteiger partial charge in [0, 0.05) is 7.11 Å². The standard InChI is InChI=1S/C18H21NO3/c1-21-14-18(20)19-17(16-10-6-3-7-11-16)13-22-12-15-8-4-2-5-9-15/h2-11,17H,12-14H2,1H3,(H,19,20)/t17-/m1/s1. The van der Waals surface area contributed by atoms with Crippen LogP contribution in [0.15, 0.2) is 60.7 Å². The molecule has 116 valence electrons. The van der Waals surface area contributed by atoms with E-state index in [1.807, 2.05) is 60.7 Å². The van der Waals surface area contributed by atoms with Crippen LogP contribution in [0.1, 0.15) is 17.2 Å². The van der Waals surface area contributed by atoms with Crippen molar-refractivity contribution in [3.63, 3.8) is 0 Å². The van der Waals surface area contributed by atoms with Crippen LogP contribution in [0.2, 0.25) is 0 Å². The summed E-state index contributed by atoms with van der Waals surface area (Å²) in [5.41, 5.74) is 2.12. The first kappa shape index (κ1) is 16.2. The van der Waals surface area contributed by atoms with Crippen LogP contribution in [0.25, 0.3) is 0 Å². The molecule has 0 unspecified atom stereocenters. The summed E-state index contributed by atoms with van der Waals surface area (Å²) in [6.07, 6.45) is 0. The van der Waals surface area contributed by atoms with Gasteiger partial charge in [-0.2, -0.15) is 0 Å². The van der Waals surface area contributed by atoms with E-state index in [1.54, 1.807) is 0 Å². The maximum Gasteiger partial charge on any atom is 0.246 e. The van der Waals surface area contributed by atoms with Crippen LogP contribution in [0.3, 0.4) is 0 Å². The van der Waals surface area contributed by atoms with Gasteiger partial charge in [0.1, 0.15) is 6.61 Å². The zero-order chi connectivity index (χ0) is 15.6. The van der Waals surface area contributed by atoms with Gasteiger partial charge in [-0.25, -0.2) is 0 Å². The van der Waals surface area contributed by atoms with Crippen LogP contribution >= 0.6 is 0 Å². The molecule has 2 aromatic carbocycles. The van der Waals surface area contributed by atoms with E-state index in [-0.39, 0.29) is 18.6 Å². The largest absolute Gasteiger partial charge is 0.375 e. The van der Waals surface area contributed by atoms with E-state index in [2.05, 4.69) is 5.32 Å². The summed E-state index contributed by atoms with van der Waals surface area (Å²) in [4.78, 5) is 11.8. The molecular formula is C18H21NO3. The van der Waals surface area contributed by atoms with Gasteiger partial charge >= 0.3 is 0 Å². The summed E-state index contributed by atoms with van der Waals surface area (Å²) in [5.74, 6) is -0.153. The van der Waals surface area contributed by atoms with Crippen molar-refractivity contribution in [2.45, 2.75) is 12.6 Å². The van der Waals surface area contributed by atoms with E-state index >= 15 is 0 Å². The number of rotatable bonds is 8. The van der Waals surface area contributed by atoms with Gasteiger partial charge < -0.3 is 14.8 Å². The van der Waals surface area contributed by atoms with Gasteiger partial charge in [0.25, 0.3) is 0 Å². The Morgan fingerprint density at radius 3 is 2.32 bits per heavy atom. The molecule has 1 atom stereocenters. The molecule has 4 heteroatoms. The van der Waals surface area contributed by atoms with Crippen LogP contribution in [0.4, 0.5) is 0 Å². The number of hydrogen-bond donors (Lipinski definition) is 1. The minimum absolute atomic E-state index is 0.0437. The highest BCUT2D eigenvalue weighted by molar-refractivity contribution is 5.77. The Morgan fingerprint density at radius 1 is 1.05 bits per heavy atom. The van der Waals surface area contributed by atoms with Crippen LogP contribution in [-0.2, 0) is 20.9 Å². The molecule has 2 rings (SSSR count). The van der Waals surface area contributed by atoms with Crippen molar-refractivity contribution >= 4 is 5.91 Å². The summed E-state index contributed by atoms with van der Waals surface area (Å²) in [7, 11) is 1.50. The molecule has 0 heterocycles. The van der Waals surface area contributed by atoms with E-state index in [0.29, 0.717) is 13.2 Å². The average Bonchev–Trinajstić information content (AvgIpc) is 2.56. The van der Waals surface area contributed by atoms with Crippen LogP contribution in [-0.4, -0.2) is 26.2 Å². The minimum Gasteiger partial charge on any atom is -0.375 e. The van der Waals surface area contributed by atoms with Crippen molar-refractivity contribution in [1.29, 1.82) is 0 Å². The molecule has 0 bridgehead atoms. The summed E-state index contributed by atoms with van der Waals surface area (Å²) in [5, 5.41) is 2.93. The van der Waals surface area contributed by atoms with Crippen LogP contribution in [0, 0.1) is 0 Å². The monoisotopic (exact) mass is 299 g/mol. The first-order valence-corrected chi connectivity index (χ1v) is 7.24. The lowest BCUT2D eigenvalue weighted by Crippen LogP contribution is -2.33. The normalized spacial score (nSPS) is 11.9. The predicted molar refractivity (Wildman–Crippen MR) is 85.3 cm³/mol. The Morgan fingerprint density at radius 2 is 1.68 bits per heavy atom. The molecule has 0 aliphatic heterocycles. The van der Waals surface area contributed by atoms with Gasteiger partial charge in [-0.1, -0.05) is 60.7 Å². The van der Waals surface area contributed by atoms with Crippen LogP contribution < -0.4 is 5.32 Å². The topological polar surface area (TPSA) is 47.6 Å². The second kappa shape index (κ2) is 8.97. The fourth-order valence-corrected chi connectivity index (χ4v) is 2.14. The second-order valence-electron chi connectivity index (χ2n) is 4.96. The zero-order valence-electron chi connectivity index (χ0n) is 12.7. The Bertz CT molecular complexity index is 557. The molecular weight excluding hydrogens is 278 g/mol. The SMILES string of the molecule is COCC(=O)N[C@H](COCc1ccccc1)c1ccccc1. The van der Waals surface area contributed by atoms with Gasteiger partial charge in [-0.05, 0) is 11.1 Å². The smallest absolute Gasteiger partial charge is 0.246 e. The lowest BCUT2D eigenvalue weighted by atomic mass is 10.1. The molecule has 0 fully saturated rings. The van der Waals surface area contributed by atoms with Gasteiger partial charge in [-0.15, -0.1) is 0 Å². The van der Waals surface area contributed by atoms with Gasteiger partial charge in [0.05, 0.1) is 19.3 Å². The zero-order valence-corrected chi connectivity index (χ0v) is 12.7. The van der Waals surface area contributed by atoms with E-state index in [1.165, 1.54) is 7.11 Å². The highest BCUT2D eigenvalue weighted by Crippen LogP contribution is 2.14. The van der Waals surface area contributed by atoms with Crippen molar-refractivity contribution in [1.82, 2.24) is 5.32 Å². The minimum atomic E-state index is -0.187. The van der Waals surface area contributed by atoms with Crippen molar-refractivity contribution < 1.29 is 14.3 Å². The molecule has 0 aliphatic carbocycles. The lowest BCUT2D eigenvalue weighted by molar-refractivity contribution is -0.126. The fourth-order valence-electron chi connectivity index (χ4n) is 2.14. The highest BCUT2D eigenvalue weighted by atomic mass is 16.5. The average molecular weight is 299 g/mol. The predicted octanol–water partition coefficient (Wildman–Crippen LogP) is 2.71. The Balaban J connectivity index is 1.94. The first-order valence-electron chi connectivity index (χ1n) is 7.24. The van der Waals surface area contributed by atoms with E-state index in [9.17, 15) is 4.79 Å². The third kappa shape index (κ3) is 5.31. The third-order valence-electron chi connectivity index (χ3n) is 3.21. The highest BCUT2D eigenvalue weighted by Gasteiger charge is 2.14. The number of ether oxygens (including phenoxy) is 2. The third-order valence-corrected chi connectivity index (χ3v) is 3.21. The van der Waals surface area contributed by atoms with Crippen molar-refractivity contribution in [3.05, 3.63) is 71.8 Å². The van der Waals surface area contributed by atoms with Crippen molar-refractivity contribution in [2.24, 2.45) is 0 Å². The Hall–Kier alpha value is -2.17. The van der Waals surface area contributed by atoms with Gasteiger partial charge in [0.2, 0.25) is 5.91 Å². The summed E-state index contributed by atoms with van der Waals surface area (Å²) in [6.45, 7) is 0.973. The lowest BCUT2D eigenvalue weighted by Gasteiger charge is -2.19. The Kier molecular flexibility index (Phi) is 6.61. The maximum absolute atomic E-state index is 11.8. The number of carbonyl (C=O) groups excluding carboxylic acids is 1. The summed E-state index contributed by atoms with van der Waals surface area (Å²) < 4.78 is 10.6. The first-order chi connectivity index (χ1) is 10.8. The Labute approximate surface area is 131 Å².